The van der Waals surface area contributed by atoms with Crippen LogP contribution in [-0.2, 0) is 22.7 Å². The average Bonchev–Trinajstić information content (AvgIpc) is 2.30. The molecule has 1 aromatic rings. The van der Waals surface area contributed by atoms with Crippen LogP contribution >= 0.6 is 0 Å². The molecule has 0 atom stereocenters. The minimum absolute atomic E-state index is 0.234. The minimum Gasteiger partial charge on any atom is -0.326 e. The summed E-state index contributed by atoms with van der Waals surface area (Å²) in [5.41, 5.74) is 8.92. The third-order valence-electron chi connectivity index (χ3n) is 3.05. The third-order valence-corrected chi connectivity index (χ3v) is 3.05. The van der Waals surface area contributed by atoms with Crippen LogP contribution in [0.5, 0.6) is 0 Å². The molecule has 1 aromatic carbocycles. The van der Waals surface area contributed by atoms with Gasteiger partial charge in [0.25, 0.3) is 0 Å². The molecule has 0 saturated carbocycles. The third kappa shape index (κ3) is 2.94. The number of nitrogens with two attached hydrogens (primary N) is 1. The van der Waals surface area contributed by atoms with E-state index < -0.39 is 0 Å². The number of imide groups is 1. The molecular formula is C13H17N3O2. The number of rotatable bonds is 3. The molecule has 1 saturated heterocycles. The number of carbonyl (C=O) groups is 2. The van der Waals surface area contributed by atoms with Gasteiger partial charge in [-0.3, -0.25) is 19.8 Å². The molecule has 1 fully saturated rings. The molecule has 0 aromatic heterocycles. The standard InChI is InChI=1S/C13H17N3O2/c1-9-4-10(5-14)2-3-11(9)6-16-7-12(17)15-13(18)8-16/h2-4H,5-8,14H2,1H3,(H,15,17,18). The van der Waals surface area contributed by atoms with E-state index >= 15 is 0 Å². The van der Waals surface area contributed by atoms with Crippen molar-refractivity contribution >= 4 is 11.8 Å². The van der Waals surface area contributed by atoms with Crippen molar-refractivity contribution in [2.24, 2.45) is 5.73 Å². The van der Waals surface area contributed by atoms with Crippen LogP contribution in [0.1, 0.15) is 16.7 Å². The van der Waals surface area contributed by atoms with Crippen LogP contribution < -0.4 is 11.1 Å². The second kappa shape index (κ2) is 5.29. The van der Waals surface area contributed by atoms with E-state index in [1.165, 1.54) is 0 Å². The highest BCUT2D eigenvalue weighted by Crippen LogP contribution is 2.14. The molecule has 1 heterocycles. The van der Waals surface area contributed by atoms with Gasteiger partial charge in [-0.05, 0) is 23.6 Å². The normalized spacial score (nSPS) is 16.8. The van der Waals surface area contributed by atoms with Crippen molar-refractivity contribution in [2.45, 2.75) is 20.0 Å². The molecule has 18 heavy (non-hydrogen) atoms. The number of aryl methyl sites for hydroxylation is 1. The van der Waals surface area contributed by atoms with E-state index in [1.54, 1.807) is 0 Å². The van der Waals surface area contributed by atoms with Gasteiger partial charge in [0.1, 0.15) is 0 Å². The maximum absolute atomic E-state index is 11.3. The van der Waals surface area contributed by atoms with E-state index in [4.69, 9.17) is 5.73 Å². The lowest BCUT2D eigenvalue weighted by molar-refractivity contribution is -0.136. The molecule has 5 heteroatoms. The first-order valence-electron chi connectivity index (χ1n) is 5.92. The number of carbonyl (C=O) groups excluding carboxylic acids is 2. The van der Waals surface area contributed by atoms with Gasteiger partial charge < -0.3 is 5.73 Å². The first-order chi connectivity index (χ1) is 8.58. The zero-order valence-corrected chi connectivity index (χ0v) is 10.4. The zero-order valence-electron chi connectivity index (χ0n) is 10.4. The van der Waals surface area contributed by atoms with Crippen LogP contribution in [0.3, 0.4) is 0 Å². The summed E-state index contributed by atoms with van der Waals surface area (Å²) in [6, 6.07) is 6.03. The Morgan fingerprint density at radius 1 is 1.28 bits per heavy atom. The molecule has 0 aliphatic carbocycles. The first kappa shape index (κ1) is 12.7. The monoisotopic (exact) mass is 247 g/mol. The number of hydrogen-bond donors (Lipinski definition) is 2. The number of piperazine rings is 1. The van der Waals surface area contributed by atoms with E-state index in [-0.39, 0.29) is 24.9 Å². The highest BCUT2D eigenvalue weighted by molar-refractivity contribution is 5.99. The van der Waals surface area contributed by atoms with Crippen molar-refractivity contribution in [2.75, 3.05) is 13.1 Å². The fourth-order valence-corrected chi connectivity index (χ4v) is 2.11. The molecule has 5 nitrogen and oxygen atoms in total. The highest BCUT2D eigenvalue weighted by atomic mass is 16.2. The Morgan fingerprint density at radius 3 is 2.50 bits per heavy atom. The van der Waals surface area contributed by atoms with E-state index in [2.05, 4.69) is 5.32 Å². The Labute approximate surface area is 106 Å². The van der Waals surface area contributed by atoms with Gasteiger partial charge in [-0.1, -0.05) is 18.2 Å². The SMILES string of the molecule is Cc1cc(CN)ccc1CN1CC(=O)NC(=O)C1. The second-order valence-electron chi connectivity index (χ2n) is 4.58. The van der Waals surface area contributed by atoms with Gasteiger partial charge >= 0.3 is 0 Å². The van der Waals surface area contributed by atoms with Gasteiger partial charge in [0.2, 0.25) is 11.8 Å². The summed E-state index contributed by atoms with van der Waals surface area (Å²) in [4.78, 5) is 24.4. The molecule has 1 aliphatic heterocycles. The zero-order chi connectivity index (χ0) is 13.1. The smallest absolute Gasteiger partial charge is 0.240 e. The fraction of sp³-hybridized carbons (Fsp3) is 0.385. The number of amides is 2. The Hall–Kier alpha value is -1.72. The molecular weight excluding hydrogens is 230 g/mol. The topological polar surface area (TPSA) is 75.4 Å². The van der Waals surface area contributed by atoms with Crippen LogP contribution in [0.2, 0.25) is 0 Å². The lowest BCUT2D eigenvalue weighted by Gasteiger charge is -2.25. The first-order valence-corrected chi connectivity index (χ1v) is 5.92. The summed E-state index contributed by atoms with van der Waals surface area (Å²) < 4.78 is 0. The van der Waals surface area contributed by atoms with Crippen molar-refractivity contribution in [3.8, 4) is 0 Å². The van der Waals surface area contributed by atoms with Crippen LogP contribution in [0.15, 0.2) is 18.2 Å². The van der Waals surface area contributed by atoms with Crippen molar-refractivity contribution in [3.05, 3.63) is 34.9 Å². The van der Waals surface area contributed by atoms with E-state index in [1.807, 2.05) is 30.0 Å². The van der Waals surface area contributed by atoms with Crippen molar-refractivity contribution in [1.29, 1.82) is 0 Å². The predicted molar refractivity (Wildman–Crippen MR) is 67.5 cm³/mol. The number of hydrogen-bond acceptors (Lipinski definition) is 4. The largest absolute Gasteiger partial charge is 0.326 e. The Morgan fingerprint density at radius 2 is 1.94 bits per heavy atom. The molecule has 2 amide bonds. The van der Waals surface area contributed by atoms with Gasteiger partial charge in [0.15, 0.2) is 0 Å². The van der Waals surface area contributed by atoms with Crippen LogP contribution in [0.25, 0.3) is 0 Å². The quantitative estimate of drug-likeness (QED) is 0.732. The lowest BCUT2D eigenvalue weighted by atomic mass is 10.0. The van der Waals surface area contributed by atoms with E-state index in [0.717, 1.165) is 16.7 Å². The highest BCUT2D eigenvalue weighted by Gasteiger charge is 2.22. The molecule has 0 spiro atoms. The van der Waals surface area contributed by atoms with Gasteiger partial charge in [-0.15, -0.1) is 0 Å². The summed E-state index contributed by atoms with van der Waals surface area (Å²) in [5.74, 6) is -0.468. The van der Waals surface area contributed by atoms with Crippen LogP contribution in [-0.4, -0.2) is 29.8 Å². The van der Waals surface area contributed by atoms with Crippen LogP contribution in [0.4, 0.5) is 0 Å². The fourth-order valence-electron chi connectivity index (χ4n) is 2.11. The Kier molecular flexibility index (Phi) is 3.74. The summed E-state index contributed by atoms with van der Waals surface area (Å²) >= 11 is 0. The predicted octanol–water partition coefficient (Wildman–Crippen LogP) is -0.0879. The number of benzene rings is 1. The lowest BCUT2D eigenvalue weighted by Crippen LogP contribution is -2.50. The van der Waals surface area contributed by atoms with Crippen molar-refractivity contribution in [3.63, 3.8) is 0 Å². The molecule has 2 rings (SSSR count). The Bertz CT molecular complexity index is 469. The summed E-state index contributed by atoms with van der Waals surface area (Å²) in [5, 5.41) is 2.29. The maximum Gasteiger partial charge on any atom is 0.240 e. The summed E-state index contributed by atoms with van der Waals surface area (Å²) in [7, 11) is 0. The second-order valence-corrected chi connectivity index (χ2v) is 4.58. The minimum atomic E-state index is -0.234. The van der Waals surface area contributed by atoms with Crippen LogP contribution in [0, 0.1) is 6.92 Å². The molecule has 96 valence electrons. The molecule has 0 unspecified atom stereocenters. The van der Waals surface area contributed by atoms with Crippen molar-refractivity contribution in [1.82, 2.24) is 10.2 Å². The van der Waals surface area contributed by atoms with E-state index in [9.17, 15) is 9.59 Å². The van der Waals surface area contributed by atoms with Crippen molar-refractivity contribution < 1.29 is 9.59 Å². The Balaban J connectivity index is 2.09. The molecule has 0 bridgehead atoms. The molecule has 3 N–H and O–H groups in total. The van der Waals surface area contributed by atoms with E-state index in [0.29, 0.717) is 13.1 Å². The number of nitrogens with one attached hydrogen (secondary N) is 1. The summed E-state index contributed by atoms with van der Waals surface area (Å²) in [6.07, 6.45) is 0. The number of nitrogens with zero attached hydrogens (tertiary/aromatic N) is 1. The van der Waals surface area contributed by atoms with Gasteiger partial charge in [0.05, 0.1) is 13.1 Å². The van der Waals surface area contributed by atoms with Gasteiger partial charge in [-0.25, -0.2) is 0 Å². The average molecular weight is 247 g/mol. The van der Waals surface area contributed by atoms with Gasteiger partial charge in [0, 0.05) is 13.1 Å². The molecule has 1 aliphatic rings. The summed E-state index contributed by atoms with van der Waals surface area (Å²) in [6.45, 7) is 3.68. The van der Waals surface area contributed by atoms with Gasteiger partial charge in [-0.2, -0.15) is 0 Å². The maximum atomic E-state index is 11.3. The molecule has 0 radical (unpaired) electrons.